The van der Waals surface area contributed by atoms with Crippen LogP contribution in [-0.4, -0.2) is 30.6 Å². The highest BCUT2D eigenvalue weighted by Gasteiger charge is 2.11. The van der Waals surface area contributed by atoms with Crippen molar-refractivity contribution in [3.05, 3.63) is 56.7 Å². The zero-order chi connectivity index (χ0) is 20.7. The van der Waals surface area contributed by atoms with Crippen molar-refractivity contribution in [1.82, 2.24) is 16.2 Å². The Morgan fingerprint density at radius 2 is 1.75 bits per heavy atom. The van der Waals surface area contributed by atoms with E-state index < -0.39 is 11.8 Å². The summed E-state index contributed by atoms with van der Waals surface area (Å²) in [5, 5.41) is 2.45. The van der Waals surface area contributed by atoms with Gasteiger partial charge in [0, 0.05) is 5.56 Å². The standard InChI is InChI=1S/C19H20IN3O4S/c1-11-6-12(2)8-14(7-11)27-10-17(24)22-23-19(28)21-18(25)13-4-5-16(26-3)15(20)9-13/h4-9H,10H2,1-3H3,(H,22,24)(H2,21,23,25,28). The molecule has 0 saturated heterocycles. The van der Waals surface area contributed by atoms with E-state index >= 15 is 0 Å². The summed E-state index contributed by atoms with van der Waals surface area (Å²) in [6, 6.07) is 10.7. The number of nitrogens with one attached hydrogen (secondary N) is 3. The first-order valence-electron chi connectivity index (χ1n) is 8.23. The van der Waals surface area contributed by atoms with Crippen LogP contribution in [0.4, 0.5) is 0 Å². The van der Waals surface area contributed by atoms with Gasteiger partial charge in [-0.25, -0.2) is 0 Å². The summed E-state index contributed by atoms with van der Waals surface area (Å²) < 4.78 is 11.4. The number of ether oxygens (including phenoxy) is 2. The van der Waals surface area contributed by atoms with Crippen LogP contribution in [0.25, 0.3) is 0 Å². The summed E-state index contributed by atoms with van der Waals surface area (Å²) in [7, 11) is 1.56. The molecule has 0 bridgehead atoms. The Morgan fingerprint density at radius 1 is 1.07 bits per heavy atom. The van der Waals surface area contributed by atoms with Gasteiger partial charge in [0.2, 0.25) is 0 Å². The third-order valence-electron chi connectivity index (χ3n) is 3.52. The molecule has 9 heteroatoms. The number of hydrogen-bond donors (Lipinski definition) is 3. The highest BCUT2D eigenvalue weighted by Crippen LogP contribution is 2.21. The number of carbonyl (C=O) groups is 2. The molecule has 2 aromatic rings. The monoisotopic (exact) mass is 513 g/mol. The second-order valence-electron chi connectivity index (χ2n) is 5.92. The fourth-order valence-corrected chi connectivity index (χ4v) is 3.22. The molecule has 28 heavy (non-hydrogen) atoms. The van der Waals surface area contributed by atoms with Gasteiger partial charge in [0.05, 0.1) is 10.7 Å². The lowest BCUT2D eigenvalue weighted by Gasteiger charge is -2.12. The number of benzene rings is 2. The molecule has 2 amide bonds. The van der Waals surface area contributed by atoms with Crippen LogP contribution in [0.3, 0.4) is 0 Å². The summed E-state index contributed by atoms with van der Waals surface area (Å²) in [6.07, 6.45) is 0. The Hall–Kier alpha value is -2.40. The quantitative estimate of drug-likeness (QED) is 0.324. The zero-order valence-electron chi connectivity index (χ0n) is 15.6. The second-order valence-corrected chi connectivity index (χ2v) is 7.49. The van der Waals surface area contributed by atoms with Gasteiger partial charge in [-0.1, -0.05) is 6.07 Å². The average Bonchev–Trinajstić information content (AvgIpc) is 2.63. The molecule has 148 valence electrons. The lowest BCUT2D eigenvalue weighted by Crippen LogP contribution is -2.49. The Bertz CT molecular complexity index is 884. The minimum absolute atomic E-state index is 0.0319. The van der Waals surface area contributed by atoms with Gasteiger partial charge in [-0.3, -0.25) is 25.8 Å². The minimum atomic E-state index is -0.435. The van der Waals surface area contributed by atoms with E-state index in [1.807, 2.05) is 32.0 Å². The van der Waals surface area contributed by atoms with Crippen molar-refractivity contribution in [3.8, 4) is 11.5 Å². The zero-order valence-corrected chi connectivity index (χ0v) is 18.6. The number of thiocarbonyl (C=S) groups is 1. The third kappa shape index (κ3) is 6.64. The number of hydrogen-bond acceptors (Lipinski definition) is 5. The summed E-state index contributed by atoms with van der Waals surface area (Å²) >= 11 is 7.09. The van der Waals surface area contributed by atoms with Gasteiger partial charge in [-0.15, -0.1) is 0 Å². The molecule has 0 radical (unpaired) electrons. The molecule has 0 aliphatic rings. The summed E-state index contributed by atoms with van der Waals surface area (Å²) in [6.45, 7) is 3.71. The summed E-state index contributed by atoms with van der Waals surface area (Å²) in [5.74, 6) is 0.445. The van der Waals surface area contributed by atoms with E-state index in [9.17, 15) is 9.59 Å². The largest absolute Gasteiger partial charge is 0.496 e. The molecule has 0 spiro atoms. The molecule has 2 rings (SSSR count). The van der Waals surface area contributed by atoms with Crippen molar-refractivity contribution < 1.29 is 19.1 Å². The third-order valence-corrected chi connectivity index (χ3v) is 4.57. The molecule has 0 aliphatic heterocycles. The van der Waals surface area contributed by atoms with E-state index in [1.165, 1.54) is 0 Å². The molecule has 0 aliphatic carbocycles. The van der Waals surface area contributed by atoms with Crippen LogP contribution >= 0.6 is 34.8 Å². The number of aryl methyl sites for hydroxylation is 2. The van der Waals surface area contributed by atoms with Crippen molar-refractivity contribution in [2.24, 2.45) is 0 Å². The molecule has 0 unspecified atom stereocenters. The maximum Gasteiger partial charge on any atom is 0.276 e. The maximum atomic E-state index is 12.2. The van der Waals surface area contributed by atoms with Crippen LogP contribution < -0.4 is 25.6 Å². The molecule has 0 fully saturated rings. The highest BCUT2D eigenvalue weighted by atomic mass is 127. The Morgan fingerprint density at radius 3 is 2.36 bits per heavy atom. The fourth-order valence-electron chi connectivity index (χ4n) is 2.34. The van der Waals surface area contributed by atoms with E-state index in [0.717, 1.165) is 14.7 Å². The molecular formula is C19H20IN3O4S. The van der Waals surface area contributed by atoms with Gasteiger partial charge >= 0.3 is 0 Å². The van der Waals surface area contributed by atoms with E-state index in [2.05, 4.69) is 38.8 Å². The van der Waals surface area contributed by atoms with Crippen molar-refractivity contribution in [2.75, 3.05) is 13.7 Å². The van der Waals surface area contributed by atoms with Gasteiger partial charge in [0.1, 0.15) is 11.5 Å². The summed E-state index contributed by atoms with van der Waals surface area (Å²) in [4.78, 5) is 24.1. The first kappa shape index (κ1) is 21.9. The predicted molar refractivity (Wildman–Crippen MR) is 118 cm³/mol. The van der Waals surface area contributed by atoms with Crippen LogP contribution in [0.1, 0.15) is 21.5 Å². The van der Waals surface area contributed by atoms with Crippen molar-refractivity contribution in [3.63, 3.8) is 0 Å². The number of methoxy groups -OCH3 is 1. The Balaban J connectivity index is 1.79. The molecule has 0 saturated carbocycles. The number of rotatable bonds is 5. The predicted octanol–water partition coefficient (Wildman–Crippen LogP) is 2.63. The van der Waals surface area contributed by atoms with E-state index in [1.54, 1.807) is 25.3 Å². The SMILES string of the molecule is COc1ccc(C(=O)NC(=S)NNC(=O)COc2cc(C)cc(C)c2)cc1I. The first-order valence-corrected chi connectivity index (χ1v) is 9.72. The van der Waals surface area contributed by atoms with Gasteiger partial charge < -0.3 is 9.47 Å². The lowest BCUT2D eigenvalue weighted by molar-refractivity contribution is -0.123. The lowest BCUT2D eigenvalue weighted by atomic mass is 10.1. The number of halogens is 1. The molecule has 0 atom stereocenters. The molecule has 0 heterocycles. The minimum Gasteiger partial charge on any atom is -0.496 e. The number of carbonyl (C=O) groups excluding carboxylic acids is 2. The van der Waals surface area contributed by atoms with Crippen LogP contribution in [0.15, 0.2) is 36.4 Å². The van der Waals surface area contributed by atoms with Crippen molar-refractivity contribution >= 4 is 51.7 Å². The normalized spacial score (nSPS) is 10.0. The molecule has 7 nitrogen and oxygen atoms in total. The number of amides is 2. The Labute approximate surface area is 182 Å². The fraction of sp³-hybridized carbons (Fsp3) is 0.211. The maximum absolute atomic E-state index is 12.2. The van der Waals surface area contributed by atoms with Gasteiger partial charge in [-0.05, 0) is 90.1 Å². The molecular weight excluding hydrogens is 493 g/mol. The van der Waals surface area contributed by atoms with Crippen molar-refractivity contribution in [1.29, 1.82) is 0 Å². The summed E-state index contributed by atoms with van der Waals surface area (Å²) in [5.41, 5.74) is 7.36. The molecule has 0 aromatic heterocycles. The first-order chi connectivity index (χ1) is 13.3. The van der Waals surface area contributed by atoms with Crippen LogP contribution in [0.5, 0.6) is 11.5 Å². The topological polar surface area (TPSA) is 88.7 Å². The second kappa shape index (κ2) is 10.2. The Kier molecular flexibility index (Phi) is 8.00. The average molecular weight is 513 g/mol. The highest BCUT2D eigenvalue weighted by molar-refractivity contribution is 14.1. The van der Waals surface area contributed by atoms with E-state index in [4.69, 9.17) is 21.7 Å². The van der Waals surface area contributed by atoms with Crippen LogP contribution in [-0.2, 0) is 4.79 Å². The molecule has 2 aromatic carbocycles. The van der Waals surface area contributed by atoms with Gasteiger partial charge in [0.15, 0.2) is 11.7 Å². The smallest absolute Gasteiger partial charge is 0.276 e. The van der Waals surface area contributed by atoms with Crippen LogP contribution in [0, 0.1) is 17.4 Å². The van der Waals surface area contributed by atoms with Crippen molar-refractivity contribution in [2.45, 2.75) is 13.8 Å². The molecule has 3 N–H and O–H groups in total. The van der Waals surface area contributed by atoms with Crippen LogP contribution in [0.2, 0.25) is 0 Å². The number of hydrazine groups is 1. The van der Waals surface area contributed by atoms with E-state index in [-0.39, 0.29) is 11.7 Å². The van der Waals surface area contributed by atoms with Gasteiger partial charge in [-0.2, -0.15) is 0 Å². The van der Waals surface area contributed by atoms with Gasteiger partial charge in [0.25, 0.3) is 11.8 Å². The van der Waals surface area contributed by atoms with E-state index in [0.29, 0.717) is 17.1 Å².